The lowest BCUT2D eigenvalue weighted by Gasteiger charge is -2.27. The molecule has 0 aliphatic rings. The largest absolute Gasteiger partial charge is 0.308 e. The maximum Gasteiger partial charge on any atom is 0.0647 e. The van der Waals surface area contributed by atoms with Gasteiger partial charge in [0.1, 0.15) is 0 Å². The van der Waals surface area contributed by atoms with Gasteiger partial charge in [-0.25, -0.2) is 0 Å². The first-order valence-corrected chi connectivity index (χ1v) is 17.6. The molecule has 10 aromatic rings. The van der Waals surface area contributed by atoms with E-state index in [1.807, 2.05) is 22.7 Å². The van der Waals surface area contributed by atoms with Crippen LogP contribution in [0.2, 0.25) is 0 Å². The van der Waals surface area contributed by atoms with Crippen molar-refractivity contribution in [2.75, 3.05) is 4.90 Å². The van der Waals surface area contributed by atoms with E-state index in [1.165, 1.54) is 84.4 Å². The minimum absolute atomic E-state index is 1.15. The van der Waals surface area contributed by atoms with Gasteiger partial charge in [-0.2, -0.15) is 0 Å². The molecule has 0 aliphatic carbocycles. The third kappa shape index (κ3) is 4.14. The van der Waals surface area contributed by atoms with Crippen molar-refractivity contribution in [2.24, 2.45) is 0 Å². The Morgan fingerprint density at radius 2 is 0.979 bits per heavy atom. The SMILES string of the molecule is c1ccc2c(-c3ccc(N(c4cccc5c4sc4ccccc45)c4cc5ccccc5c5c4sc4ccccc45)cc3)cccc2c1. The summed E-state index contributed by atoms with van der Waals surface area (Å²) in [6.07, 6.45) is 0. The second kappa shape index (κ2) is 10.5. The Kier molecular flexibility index (Phi) is 5.98. The summed E-state index contributed by atoms with van der Waals surface area (Å²) in [6, 6.07) is 60.1. The molecule has 10 rings (SSSR count). The number of nitrogens with zero attached hydrogens (tertiary/aromatic N) is 1. The lowest BCUT2D eigenvalue weighted by Crippen LogP contribution is -2.10. The van der Waals surface area contributed by atoms with Crippen LogP contribution in [0.25, 0.3) is 73.0 Å². The third-order valence-electron chi connectivity index (χ3n) is 9.44. The molecule has 2 heterocycles. The minimum atomic E-state index is 1.15. The second-order valence-corrected chi connectivity index (χ2v) is 14.2. The lowest BCUT2D eigenvalue weighted by molar-refractivity contribution is 1.33. The van der Waals surface area contributed by atoms with Crippen LogP contribution in [-0.4, -0.2) is 0 Å². The van der Waals surface area contributed by atoms with Crippen molar-refractivity contribution in [3.05, 3.63) is 164 Å². The quantitative estimate of drug-likeness (QED) is 0.186. The van der Waals surface area contributed by atoms with Gasteiger partial charge in [-0.1, -0.05) is 127 Å². The van der Waals surface area contributed by atoms with Crippen molar-refractivity contribution < 1.29 is 0 Å². The van der Waals surface area contributed by atoms with Gasteiger partial charge in [0.15, 0.2) is 0 Å². The summed E-state index contributed by atoms with van der Waals surface area (Å²) in [5.41, 5.74) is 6.04. The highest BCUT2D eigenvalue weighted by Gasteiger charge is 2.23. The molecule has 0 N–H and O–H groups in total. The highest BCUT2D eigenvalue weighted by molar-refractivity contribution is 7.27. The van der Waals surface area contributed by atoms with Crippen molar-refractivity contribution in [1.29, 1.82) is 0 Å². The highest BCUT2D eigenvalue weighted by Crippen LogP contribution is 2.50. The molecule has 0 amide bonds. The van der Waals surface area contributed by atoms with Crippen molar-refractivity contribution in [2.45, 2.75) is 0 Å². The fourth-order valence-corrected chi connectivity index (χ4v) is 9.74. The van der Waals surface area contributed by atoms with Gasteiger partial charge in [-0.05, 0) is 69.1 Å². The molecule has 0 spiro atoms. The predicted molar refractivity (Wildman–Crippen MR) is 207 cm³/mol. The van der Waals surface area contributed by atoms with Gasteiger partial charge in [0.25, 0.3) is 0 Å². The zero-order valence-electron chi connectivity index (χ0n) is 25.4. The number of fused-ring (bicyclic) bond motifs is 9. The molecule has 0 aliphatic heterocycles. The van der Waals surface area contributed by atoms with E-state index >= 15 is 0 Å². The Bertz CT molecular complexity index is 2800. The van der Waals surface area contributed by atoms with Crippen LogP contribution in [0.4, 0.5) is 17.1 Å². The van der Waals surface area contributed by atoms with Crippen LogP contribution in [0.3, 0.4) is 0 Å². The molecule has 2 aromatic heterocycles. The van der Waals surface area contributed by atoms with Crippen LogP contribution in [-0.2, 0) is 0 Å². The smallest absolute Gasteiger partial charge is 0.0647 e. The molecule has 0 radical (unpaired) electrons. The van der Waals surface area contributed by atoms with Crippen LogP contribution < -0.4 is 4.90 Å². The topological polar surface area (TPSA) is 3.24 Å². The molecule has 0 bridgehead atoms. The van der Waals surface area contributed by atoms with Gasteiger partial charge in [0, 0.05) is 36.6 Å². The zero-order chi connectivity index (χ0) is 30.9. The standard InChI is InChI=1S/C44H27NS2/c1-3-14-32-28(11-1)13-9-18-33(32)29-23-25-31(26-24-29)45(38-20-10-19-36-35-16-5-7-21-40(35)46-43(36)38)39-27-30-12-2-4-15-34(30)42-37-17-6-8-22-41(37)47-44(39)42/h1-27H. The van der Waals surface area contributed by atoms with E-state index in [9.17, 15) is 0 Å². The van der Waals surface area contributed by atoms with Crippen molar-refractivity contribution in [3.8, 4) is 11.1 Å². The molecule has 1 nitrogen and oxygen atoms in total. The molecule has 8 aromatic carbocycles. The summed E-state index contributed by atoms with van der Waals surface area (Å²) in [7, 11) is 0. The predicted octanol–water partition coefficient (Wildman–Crippen LogP) is 13.9. The fourth-order valence-electron chi connectivity index (χ4n) is 7.31. The maximum atomic E-state index is 2.51. The first-order chi connectivity index (χ1) is 23.3. The summed E-state index contributed by atoms with van der Waals surface area (Å²) in [4.78, 5) is 2.51. The van der Waals surface area contributed by atoms with E-state index < -0.39 is 0 Å². The third-order valence-corrected chi connectivity index (χ3v) is 11.8. The molecular weight excluding hydrogens is 607 g/mol. The van der Waals surface area contributed by atoms with Gasteiger partial charge in [0.2, 0.25) is 0 Å². The van der Waals surface area contributed by atoms with E-state index in [0.717, 1.165) is 5.69 Å². The van der Waals surface area contributed by atoms with Crippen molar-refractivity contribution >= 4 is 102 Å². The molecule has 3 heteroatoms. The van der Waals surface area contributed by atoms with Crippen LogP contribution in [0.1, 0.15) is 0 Å². The summed E-state index contributed by atoms with van der Waals surface area (Å²) < 4.78 is 5.23. The van der Waals surface area contributed by atoms with E-state index in [4.69, 9.17) is 0 Å². The number of hydrogen-bond donors (Lipinski definition) is 0. The van der Waals surface area contributed by atoms with Gasteiger partial charge in [-0.3, -0.25) is 0 Å². The molecule has 0 saturated carbocycles. The normalized spacial score (nSPS) is 11.8. The fraction of sp³-hybridized carbons (Fsp3) is 0. The number of benzene rings is 8. The average molecular weight is 634 g/mol. The second-order valence-electron chi connectivity index (χ2n) is 12.1. The average Bonchev–Trinajstić information content (AvgIpc) is 3.72. The monoisotopic (exact) mass is 633 g/mol. The van der Waals surface area contributed by atoms with Gasteiger partial charge < -0.3 is 4.90 Å². The molecule has 0 unspecified atom stereocenters. The van der Waals surface area contributed by atoms with Crippen LogP contribution >= 0.6 is 22.7 Å². The van der Waals surface area contributed by atoms with Gasteiger partial charge in [-0.15, -0.1) is 22.7 Å². The summed E-state index contributed by atoms with van der Waals surface area (Å²) in [5.74, 6) is 0. The van der Waals surface area contributed by atoms with Crippen molar-refractivity contribution in [1.82, 2.24) is 0 Å². The van der Waals surface area contributed by atoms with Crippen LogP contribution in [0.5, 0.6) is 0 Å². The Morgan fingerprint density at radius 1 is 0.383 bits per heavy atom. The van der Waals surface area contributed by atoms with E-state index in [1.54, 1.807) is 0 Å². The molecule has 0 fully saturated rings. The maximum absolute atomic E-state index is 2.51. The first kappa shape index (κ1) is 26.7. The number of thiophene rings is 2. The van der Waals surface area contributed by atoms with Gasteiger partial charge >= 0.3 is 0 Å². The van der Waals surface area contributed by atoms with E-state index in [0.29, 0.717) is 0 Å². The number of rotatable bonds is 4. The van der Waals surface area contributed by atoms with Crippen molar-refractivity contribution in [3.63, 3.8) is 0 Å². The number of anilines is 3. The van der Waals surface area contributed by atoms with Gasteiger partial charge in [0.05, 0.1) is 20.8 Å². The lowest BCUT2D eigenvalue weighted by atomic mass is 9.98. The molecule has 220 valence electrons. The van der Waals surface area contributed by atoms with E-state index in [2.05, 4.69) is 169 Å². The summed E-state index contributed by atoms with van der Waals surface area (Å²) in [5, 5.41) is 10.3. The minimum Gasteiger partial charge on any atom is -0.308 e. The van der Waals surface area contributed by atoms with E-state index in [-0.39, 0.29) is 0 Å². The molecule has 0 saturated heterocycles. The zero-order valence-corrected chi connectivity index (χ0v) is 27.0. The molecule has 47 heavy (non-hydrogen) atoms. The Hall–Kier alpha value is -5.48. The van der Waals surface area contributed by atoms with Crippen LogP contribution in [0.15, 0.2) is 164 Å². The Morgan fingerprint density at radius 3 is 1.81 bits per heavy atom. The van der Waals surface area contributed by atoms with Crippen LogP contribution in [0, 0.1) is 0 Å². The number of hydrogen-bond acceptors (Lipinski definition) is 3. The Labute approximate surface area is 280 Å². The summed E-state index contributed by atoms with van der Waals surface area (Å²) in [6.45, 7) is 0. The first-order valence-electron chi connectivity index (χ1n) is 15.9. The molecular formula is C44H27NS2. The summed E-state index contributed by atoms with van der Waals surface area (Å²) >= 11 is 3.78. The molecule has 0 atom stereocenters. The highest BCUT2D eigenvalue weighted by atomic mass is 32.1. The Balaban J connectivity index is 1.27.